The second-order valence-corrected chi connectivity index (χ2v) is 14.6. The predicted molar refractivity (Wildman–Crippen MR) is 126 cm³/mol. The molecule has 162 valence electrons. The molecule has 0 fully saturated rings. The van der Waals surface area contributed by atoms with Gasteiger partial charge in [0.1, 0.15) is 9.81 Å². The van der Waals surface area contributed by atoms with Crippen LogP contribution in [-0.2, 0) is 19.1 Å². The number of carbonyl (C=O) groups is 2. The minimum Gasteiger partial charge on any atom is -0.462 e. The molecule has 0 spiro atoms. The van der Waals surface area contributed by atoms with Crippen LogP contribution in [-0.4, -0.2) is 48.0 Å². The van der Waals surface area contributed by atoms with E-state index in [1.807, 2.05) is 0 Å². The maximum Gasteiger partial charge on any atom is 0.346 e. The molecule has 0 atom stereocenters. The summed E-state index contributed by atoms with van der Waals surface area (Å²) >= 11 is 3.19. The molecular formula is C21H38O4PS2+. The van der Waals surface area contributed by atoms with Gasteiger partial charge in [-0.05, 0) is 33.1 Å². The summed E-state index contributed by atoms with van der Waals surface area (Å²) in [6.07, 6.45) is 11.0. The van der Waals surface area contributed by atoms with Gasteiger partial charge in [-0.3, -0.25) is 0 Å². The number of unbranched alkanes of at least 4 members (excludes halogenated alkanes) is 3. The largest absolute Gasteiger partial charge is 0.462 e. The lowest BCUT2D eigenvalue weighted by molar-refractivity contribution is -0.140. The Bertz CT molecular complexity index is 485. The molecule has 1 heterocycles. The van der Waals surface area contributed by atoms with Crippen molar-refractivity contribution in [3.63, 3.8) is 0 Å². The summed E-state index contributed by atoms with van der Waals surface area (Å²) in [5.41, 5.74) is 0. The van der Waals surface area contributed by atoms with Crippen LogP contribution in [0.4, 0.5) is 0 Å². The van der Waals surface area contributed by atoms with Crippen LogP contribution in [0.2, 0.25) is 0 Å². The van der Waals surface area contributed by atoms with E-state index in [2.05, 4.69) is 20.8 Å². The summed E-state index contributed by atoms with van der Waals surface area (Å²) < 4.78 is 10.8. The topological polar surface area (TPSA) is 52.6 Å². The Hall–Kier alpha value is -0.190. The monoisotopic (exact) mass is 449 g/mol. The molecule has 1 rings (SSSR count). The first-order valence-electron chi connectivity index (χ1n) is 10.8. The summed E-state index contributed by atoms with van der Waals surface area (Å²) in [6, 6.07) is 0. The van der Waals surface area contributed by atoms with Gasteiger partial charge in [0.25, 0.3) is 0 Å². The number of hydrogen-bond acceptors (Lipinski definition) is 6. The molecule has 0 bridgehead atoms. The number of thioether (sulfide) groups is 2. The summed E-state index contributed by atoms with van der Waals surface area (Å²) in [5.74, 6) is -0.741. The van der Waals surface area contributed by atoms with Crippen LogP contribution < -0.4 is 0 Å². The highest BCUT2D eigenvalue weighted by atomic mass is 32.2. The van der Waals surface area contributed by atoms with Crippen LogP contribution in [0.25, 0.3) is 0 Å². The normalized spacial score (nSPS) is 15.2. The summed E-state index contributed by atoms with van der Waals surface area (Å²) in [4.78, 5) is 26.1. The van der Waals surface area contributed by atoms with Crippen molar-refractivity contribution in [3.8, 4) is 0 Å². The lowest BCUT2D eigenvalue weighted by Crippen LogP contribution is -2.17. The SMILES string of the molecule is CCCC[P+](CCCC)(CCCC)C1SC(C(=O)OCC)=C(C(=O)OCC)S1. The maximum absolute atomic E-state index is 12.6. The van der Waals surface area contributed by atoms with Crippen LogP contribution in [0.15, 0.2) is 9.81 Å². The fourth-order valence-corrected chi connectivity index (χ4v) is 13.9. The number of hydrogen-bond donors (Lipinski definition) is 0. The average Bonchev–Trinajstić information content (AvgIpc) is 3.14. The highest BCUT2D eigenvalue weighted by Crippen LogP contribution is 2.74. The Kier molecular flexibility index (Phi) is 12.9. The van der Waals surface area contributed by atoms with Gasteiger partial charge in [0.15, 0.2) is 4.32 Å². The van der Waals surface area contributed by atoms with E-state index in [1.54, 1.807) is 37.4 Å². The van der Waals surface area contributed by atoms with Gasteiger partial charge >= 0.3 is 11.9 Å². The Morgan fingerprint density at radius 3 is 1.39 bits per heavy atom. The van der Waals surface area contributed by atoms with E-state index in [9.17, 15) is 9.59 Å². The molecule has 0 aromatic heterocycles. The summed E-state index contributed by atoms with van der Waals surface area (Å²) in [7, 11) is -1.32. The molecule has 28 heavy (non-hydrogen) atoms. The summed E-state index contributed by atoms with van der Waals surface area (Å²) in [5, 5.41) is 0. The molecule has 0 saturated carbocycles. The minimum absolute atomic E-state index is 0.274. The molecule has 1 aliphatic rings. The fraction of sp³-hybridized carbons (Fsp3) is 0.810. The Balaban J connectivity index is 3.19. The number of ether oxygens (including phenoxy) is 2. The molecule has 0 amide bonds. The highest BCUT2D eigenvalue weighted by molar-refractivity contribution is 8.32. The molecule has 0 saturated heterocycles. The standard InChI is InChI=1S/C21H38O4PS2/c1-6-11-14-26(15-12-7-2,16-13-8-3)21-27-17(19(22)24-9-4)18(28-21)20(23)25-10-5/h21H,6-16H2,1-5H3/q+1. The smallest absolute Gasteiger partial charge is 0.346 e. The van der Waals surface area contributed by atoms with E-state index >= 15 is 0 Å². The Labute approximate surface area is 180 Å². The van der Waals surface area contributed by atoms with Crippen LogP contribution in [0.5, 0.6) is 0 Å². The van der Waals surface area contributed by atoms with Crippen molar-refractivity contribution >= 4 is 42.7 Å². The van der Waals surface area contributed by atoms with Crippen molar-refractivity contribution in [1.29, 1.82) is 0 Å². The van der Waals surface area contributed by atoms with Crippen LogP contribution >= 0.6 is 30.8 Å². The van der Waals surface area contributed by atoms with E-state index in [-0.39, 0.29) is 16.3 Å². The lowest BCUT2D eigenvalue weighted by atomic mass is 10.4. The molecule has 0 aliphatic carbocycles. The third-order valence-electron chi connectivity index (χ3n) is 4.88. The second kappa shape index (κ2) is 13.9. The second-order valence-electron chi connectivity index (χ2n) is 7.09. The Morgan fingerprint density at radius 1 is 0.750 bits per heavy atom. The van der Waals surface area contributed by atoms with Crippen molar-refractivity contribution in [1.82, 2.24) is 0 Å². The zero-order valence-electron chi connectivity index (χ0n) is 18.3. The van der Waals surface area contributed by atoms with Gasteiger partial charge in [0.2, 0.25) is 0 Å². The predicted octanol–water partition coefficient (Wildman–Crippen LogP) is 6.51. The molecular weight excluding hydrogens is 411 g/mol. The average molecular weight is 450 g/mol. The van der Waals surface area contributed by atoms with Crippen LogP contribution in [0.1, 0.15) is 73.1 Å². The third-order valence-corrected chi connectivity index (χ3v) is 15.0. The minimum atomic E-state index is -1.32. The molecule has 0 radical (unpaired) electrons. The van der Waals surface area contributed by atoms with Crippen molar-refractivity contribution in [2.75, 3.05) is 31.7 Å². The third kappa shape index (κ3) is 7.25. The van der Waals surface area contributed by atoms with E-state index in [0.29, 0.717) is 23.0 Å². The van der Waals surface area contributed by atoms with Gasteiger partial charge < -0.3 is 9.47 Å². The zero-order valence-corrected chi connectivity index (χ0v) is 20.8. The zero-order chi connectivity index (χ0) is 21.0. The maximum atomic E-state index is 12.6. The van der Waals surface area contributed by atoms with E-state index < -0.39 is 7.26 Å². The number of carbonyl (C=O) groups excluding carboxylic acids is 2. The lowest BCUT2D eigenvalue weighted by Gasteiger charge is -2.32. The summed E-state index contributed by atoms with van der Waals surface area (Å²) in [6.45, 7) is 11.0. The van der Waals surface area contributed by atoms with Gasteiger partial charge in [-0.15, -0.1) is 0 Å². The van der Waals surface area contributed by atoms with Crippen molar-refractivity contribution in [3.05, 3.63) is 9.81 Å². The first-order chi connectivity index (χ1) is 13.5. The van der Waals surface area contributed by atoms with E-state index in [4.69, 9.17) is 9.47 Å². The van der Waals surface area contributed by atoms with Gasteiger partial charge in [-0.25, -0.2) is 9.59 Å². The van der Waals surface area contributed by atoms with Crippen molar-refractivity contribution < 1.29 is 19.1 Å². The van der Waals surface area contributed by atoms with Crippen LogP contribution in [0.3, 0.4) is 0 Å². The first kappa shape index (κ1) is 25.8. The first-order valence-corrected chi connectivity index (χ1v) is 14.9. The van der Waals surface area contributed by atoms with E-state index in [0.717, 1.165) is 0 Å². The van der Waals surface area contributed by atoms with Gasteiger partial charge in [-0.2, -0.15) is 0 Å². The molecule has 4 nitrogen and oxygen atoms in total. The highest BCUT2D eigenvalue weighted by Gasteiger charge is 2.51. The van der Waals surface area contributed by atoms with Crippen LogP contribution in [0, 0.1) is 0 Å². The quantitative estimate of drug-likeness (QED) is 0.223. The van der Waals surface area contributed by atoms with Gasteiger partial charge in [0.05, 0.1) is 31.7 Å². The molecule has 0 aromatic rings. The molecule has 0 unspecified atom stereocenters. The molecule has 7 heteroatoms. The molecule has 1 aliphatic heterocycles. The van der Waals surface area contributed by atoms with Crippen molar-refractivity contribution in [2.45, 2.75) is 77.5 Å². The Morgan fingerprint density at radius 2 is 1.11 bits per heavy atom. The number of esters is 2. The molecule has 0 aromatic carbocycles. The van der Waals surface area contributed by atoms with E-state index in [1.165, 1.54) is 57.0 Å². The molecule has 0 N–H and O–H groups in total. The van der Waals surface area contributed by atoms with Gasteiger partial charge in [-0.1, -0.05) is 63.6 Å². The van der Waals surface area contributed by atoms with Crippen molar-refractivity contribution in [2.24, 2.45) is 0 Å². The van der Waals surface area contributed by atoms with Gasteiger partial charge in [0, 0.05) is 7.26 Å². The number of rotatable bonds is 14. The fourth-order valence-electron chi connectivity index (χ4n) is 3.30.